The minimum Gasteiger partial charge on any atom is -0.345 e. The maximum Gasteiger partial charge on any atom is 0.256 e. The van der Waals surface area contributed by atoms with E-state index in [1.807, 2.05) is 0 Å². The summed E-state index contributed by atoms with van der Waals surface area (Å²) in [6.07, 6.45) is 7.71. The van der Waals surface area contributed by atoms with E-state index in [-0.39, 0.29) is 5.91 Å². The number of amides is 1. The van der Waals surface area contributed by atoms with Crippen LogP contribution in [0.2, 0.25) is 10.2 Å². The Bertz CT molecular complexity index is 913. The fourth-order valence-electron chi connectivity index (χ4n) is 1.93. The predicted octanol–water partition coefficient (Wildman–Crippen LogP) is 3.22. The molecular formula is C15H12Cl2N6OS. The summed E-state index contributed by atoms with van der Waals surface area (Å²) in [4.78, 5) is 26.6. The van der Waals surface area contributed by atoms with Gasteiger partial charge in [0.05, 0.1) is 29.2 Å². The third-order valence-corrected chi connectivity index (χ3v) is 4.76. The number of halogens is 2. The first kappa shape index (κ1) is 17.7. The molecule has 3 rings (SSSR count). The van der Waals surface area contributed by atoms with Gasteiger partial charge in [-0.1, -0.05) is 35.0 Å². The molecule has 7 nitrogen and oxygen atoms in total. The number of carbonyl (C=O) groups excluding carboxylic acids is 1. The van der Waals surface area contributed by atoms with Crippen LogP contribution in [0.5, 0.6) is 0 Å². The molecule has 0 fully saturated rings. The molecule has 0 unspecified atom stereocenters. The minimum absolute atomic E-state index is 0.149. The lowest BCUT2D eigenvalue weighted by Gasteiger charge is -2.08. The van der Waals surface area contributed by atoms with Gasteiger partial charge in [0.1, 0.15) is 10.2 Å². The molecular weight excluding hydrogens is 383 g/mol. The summed E-state index contributed by atoms with van der Waals surface area (Å²) >= 11 is 13.5. The summed E-state index contributed by atoms with van der Waals surface area (Å²) < 4.78 is 1.47. The summed E-state index contributed by atoms with van der Waals surface area (Å²) in [5.74, 6) is 0.274. The lowest BCUT2D eigenvalue weighted by Crippen LogP contribution is -2.21. The fourth-order valence-corrected chi connectivity index (χ4v) is 3.08. The van der Waals surface area contributed by atoms with Crippen LogP contribution >= 0.6 is 35.0 Å². The number of carbonyl (C=O) groups is 1. The highest BCUT2D eigenvalue weighted by Crippen LogP contribution is 2.34. The van der Waals surface area contributed by atoms with Crippen molar-refractivity contribution in [1.29, 1.82) is 0 Å². The Morgan fingerprint density at radius 3 is 2.64 bits per heavy atom. The Morgan fingerprint density at radius 1 is 1.16 bits per heavy atom. The maximum absolute atomic E-state index is 12.0. The van der Waals surface area contributed by atoms with Gasteiger partial charge in [0.25, 0.3) is 5.91 Å². The molecule has 0 saturated carbocycles. The van der Waals surface area contributed by atoms with E-state index in [1.54, 1.807) is 38.8 Å². The van der Waals surface area contributed by atoms with Crippen LogP contribution in [0, 0.1) is 0 Å². The molecule has 10 heteroatoms. The molecule has 0 spiro atoms. The topological polar surface area (TPSA) is 76.8 Å². The fraction of sp³-hybridized carbons (Fsp3) is 0.133. The van der Waals surface area contributed by atoms with E-state index in [1.165, 1.54) is 33.7 Å². The summed E-state index contributed by atoms with van der Waals surface area (Å²) in [6, 6.07) is 1.77. The predicted molar refractivity (Wildman–Crippen MR) is 95.6 cm³/mol. The first-order chi connectivity index (χ1) is 12.0. The first-order valence-corrected chi connectivity index (χ1v) is 8.59. The van der Waals surface area contributed by atoms with Crippen LogP contribution in [-0.2, 0) is 0 Å². The van der Waals surface area contributed by atoms with Gasteiger partial charge in [-0.2, -0.15) is 5.10 Å². The van der Waals surface area contributed by atoms with E-state index in [2.05, 4.69) is 20.1 Å². The number of pyridine rings is 1. The lowest BCUT2D eigenvalue weighted by atomic mass is 10.3. The van der Waals surface area contributed by atoms with Crippen molar-refractivity contribution < 1.29 is 4.79 Å². The van der Waals surface area contributed by atoms with Crippen LogP contribution < -0.4 is 0 Å². The Morgan fingerprint density at radius 2 is 1.96 bits per heavy atom. The molecule has 0 aliphatic heterocycles. The highest BCUT2D eigenvalue weighted by Gasteiger charge is 2.15. The smallest absolute Gasteiger partial charge is 0.256 e. The highest BCUT2D eigenvalue weighted by atomic mass is 35.5. The van der Waals surface area contributed by atoms with Crippen molar-refractivity contribution in [3.8, 4) is 5.82 Å². The van der Waals surface area contributed by atoms with Crippen molar-refractivity contribution in [3.63, 3.8) is 0 Å². The number of hydrogen-bond acceptors (Lipinski definition) is 6. The van der Waals surface area contributed by atoms with E-state index < -0.39 is 0 Å². The molecule has 3 heterocycles. The average molecular weight is 395 g/mol. The maximum atomic E-state index is 12.0. The SMILES string of the molecule is CN(C)C(=O)c1cnn(-c2nccc(Sc3cnc(Cl)cn3)c2Cl)c1. The summed E-state index contributed by atoms with van der Waals surface area (Å²) in [6.45, 7) is 0. The van der Waals surface area contributed by atoms with Crippen molar-refractivity contribution >= 4 is 40.9 Å². The monoisotopic (exact) mass is 394 g/mol. The van der Waals surface area contributed by atoms with Crippen LogP contribution in [-0.4, -0.2) is 49.6 Å². The minimum atomic E-state index is -0.149. The summed E-state index contributed by atoms with van der Waals surface area (Å²) in [7, 11) is 3.35. The van der Waals surface area contributed by atoms with Crippen LogP contribution in [0.4, 0.5) is 0 Å². The Labute approximate surface area is 158 Å². The second-order valence-electron chi connectivity index (χ2n) is 5.10. The second-order valence-corrected chi connectivity index (χ2v) is 6.93. The number of hydrogen-bond donors (Lipinski definition) is 0. The van der Waals surface area contributed by atoms with Gasteiger partial charge in [-0.05, 0) is 6.07 Å². The van der Waals surface area contributed by atoms with E-state index in [0.717, 1.165) is 4.90 Å². The largest absolute Gasteiger partial charge is 0.345 e. The molecule has 0 bridgehead atoms. The molecule has 0 aliphatic carbocycles. The highest BCUT2D eigenvalue weighted by molar-refractivity contribution is 7.99. The summed E-state index contributed by atoms with van der Waals surface area (Å²) in [5, 5.41) is 5.54. The third-order valence-electron chi connectivity index (χ3n) is 3.10. The Hall–Kier alpha value is -2.16. The molecule has 128 valence electrons. The van der Waals surface area contributed by atoms with E-state index >= 15 is 0 Å². The van der Waals surface area contributed by atoms with Crippen LogP contribution in [0.3, 0.4) is 0 Å². The van der Waals surface area contributed by atoms with Crippen molar-refractivity contribution in [1.82, 2.24) is 29.6 Å². The Balaban J connectivity index is 1.91. The van der Waals surface area contributed by atoms with Crippen molar-refractivity contribution in [2.45, 2.75) is 9.92 Å². The number of rotatable bonds is 4. The molecule has 0 aliphatic rings. The molecule has 1 amide bonds. The Kier molecular flexibility index (Phi) is 5.22. The van der Waals surface area contributed by atoms with Gasteiger partial charge in [-0.15, -0.1) is 0 Å². The van der Waals surface area contributed by atoms with Gasteiger partial charge >= 0.3 is 0 Å². The standard InChI is InChI=1S/C15H12Cl2N6OS/c1-22(2)15(24)9-5-21-23(8-9)14-13(17)10(3-4-18-14)25-12-7-19-11(16)6-20-12/h3-8H,1-2H3. The van der Waals surface area contributed by atoms with E-state index in [0.29, 0.717) is 26.6 Å². The number of nitrogens with zero attached hydrogens (tertiary/aromatic N) is 6. The van der Waals surface area contributed by atoms with Crippen LogP contribution in [0.1, 0.15) is 10.4 Å². The van der Waals surface area contributed by atoms with Gasteiger partial charge in [-0.3, -0.25) is 4.79 Å². The lowest BCUT2D eigenvalue weighted by molar-refractivity contribution is 0.0827. The zero-order chi connectivity index (χ0) is 18.0. The molecule has 0 radical (unpaired) electrons. The van der Waals surface area contributed by atoms with Crippen molar-refractivity contribution in [2.75, 3.05) is 14.1 Å². The zero-order valence-electron chi connectivity index (χ0n) is 13.2. The van der Waals surface area contributed by atoms with Gasteiger partial charge in [0.15, 0.2) is 5.82 Å². The molecule has 0 atom stereocenters. The molecule has 25 heavy (non-hydrogen) atoms. The van der Waals surface area contributed by atoms with Crippen molar-refractivity contribution in [2.24, 2.45) is 0 Å². The molecule has 0 aromatic carbocycles. The normalized spacial score (nSPS) is 10.7. The second kappa shape index (κ2) is 7.38. The molecule has 3 aromatic heterocycles. The van der Waals surface area contributed by atoms with Crippen LogP contribution in [0.25, 0.3) is 5.82 Å². The van der Waals surface area contributed by atoms with Gasteiger partial charge in [-0.25, -0.2) is 19.6 Å². The molecule has 0 saturated heterocycles. The van der Waals surface area contributed by atoms with Gasteiger partial charge in [0.2, 0.25) is 0 Å². The first-order valence-electron chi connectivity index (χ1n) is 7.02. The zero-order valence-corrected chi connectivity index (χ0v) is 15.5. The van der Waals surface area contributed by atoms with Gasteiger partial charge in [0, 0.05) is 31.4 Å². The average Bonchev–Trinajstić information content (AvgIpc) is 3.07. The van der Waals surface area contributed by atoms with E-state index in [9.17, 15) is 4.79 Å². The quantitative estimate of drug-likeness (QED) is 0.675. The number of aromatic nitrogens is 5. The summed E-state index contributed by atoms with van der Waals surface area (Å²) in [5.41, 5.74) is 0.449. The van der Waals surface area contributed by atoms with Crippen molar-refractivity contribution in [3.05, 3.63) is 52.8 Å². The van der Waals surface area contributed by atoms with E-state index in [4.69, 9.17) is 23.2 Å². The molecule has 0 N–H and O–H groups in total. The van der Waals surface area contributed by atoms with Crippen LogP contribution in [0.15, 0.2) is 47.0 Å². The third kappa shape index (κ3) is 3.92. The molecule has 3 aromatic rings. The van der Waals surface area contributed by atoms with Gasteiger partial charge < -0.3 is 4.90 Å².